The highest BCUT2D eigenvalue weighted by molar-refractivity contribution is 6.52. The molecule has 0 bridgehead atoms. The number of amides is 3. The maximum Gasteiger partial charge on any atom is 0.299 e. The SMILES string of the molecule is COc1ccc(NC(=O)C(c2ccc(C(C)C)cc2)N(Cc2ccccc2)C(=O)CN2C(=O)C(=O)c3ccccc32)cc1. The molecule has 218 valence electrons. The van der Waals surface area contributed by atoms with Crippen molar-refractivity contribution in [3.63, 3.8) is 0 Å². The quantitative estimate of drug-likeness (QED) is 0.243. The van der Waals surface area contributed by atoms with Crippen LogP contribution in [0.2, 0.25) is 0 Å². The van der Waals surface area contributed by atoms with E-state index in [1.807, 2.05) is 54.6 Å². The minimum Gasteiger partial charge on any atom is -0.497 e. The molecule has 0 aliphatic carbocycles. The van der Waals surface area contributed by atoms with Crippen LogP contribution in [0.1, 0.15) is 52.9 Å². The number of anilines is 2. The zero-order valence-electron chi connectivity index (χ0n) is 24.3. The van der Waals surface area contributed by atoms with Crippen LogP contribution in [0.3, 0.4) is 0 Å². The molecule has 0 fully saturated rings. The number of carbonyl (C=O) groups is 4. The molecule has 0 spiro atoms. The van der Waals surface area contributed by atoms with Crippen LogP contribution in [-0.4, -0.2) is 42.1 Å². The van der Waals surface area contributed by atoms with E-state index in [9.17, 15) is 19.2 Å². The molecule has 0 saturated heterocycles. The van der Waals surface area contributed by atoms with Crippen molar-refractivity contribution in [3.05, 3.63) is 125 Å². The fraction of sp³-hybridized carbons (Fsp3) is 0.200. The molecule has 1 unspecified atom stereocenters. The van der Waals surface area contributed by atoms with E-state index in [4.69, 9.17) is 4.74 Å². The lowest BCUT2D eigenvalue weighted by atomic mass is 9.97. The third kappa shape index (κ3) is 6.33. The van der Waals surface area contributed by atoms with Gasteiger partial charge in [0, 0.05) is 12.2 Å². The van der Waals surface area contributed by atoms with Crippen molar-refractivity contribution >= 4 is 34.9 Å². The molecule has 4 aromatic carbocycles. The van der Waals surface area contributed by atoms with Crippen LogP contribution in [0.15, 0.2) is 103 Å². The molecular formula is C35H33N3O5. The van der Waals surface area contributed by atoms with Gasteiger partial charge in [-0.1, -0.05) is 80.6 Å². The first-order valence-corrected chi connectivity index (χ1v) is 14.1. The predicted molar refractivity (Wildman–Crippen MR) is 165 cm³/mol. The molecule has 3 amide bonds. The molecule has 1 aliphatic rings. The van der Waals surface area contributed by atoms with Crippen molar-refractivity contribution in [1.82, 2.24) is 4.90 Å². The number of para-hydroxylation sites is 1. The number of ketones is 1. The Kier molecular flexibility index (Phi) is 8.66. The first-order chi connectivity index (χ1) is 20.8. The number of hydrogen-bond donors (Lipinski definition) is 1. The van der Waals surface area contributed by atoms with Gasteiger partial charge in [0.1, 0.15) is 18.3 Å². The average Bonchev–Trinajstić information content (AvgIpc) is 3.26. The summed E-state index contributed by atoms with van der Waals surface area (Å²) in [5, 5.41) is 2.95. The third-order valence-corrected chi connectivity index (χ3v) is 7.52. The Morgan fingerprint density at radius 3 is 2.09 bits per heavy atom. The Bertz CT molecular complexity index is 1630. The minimum atomic E-state index is -1.04. The van der Waals surface area contributed by atoms with Gasteiger partial charge in [-0.25, -0.2) is 0 Å². The number of Topliss-reactive ketones (excluding diaryl/α,β-unsaturated/α-hetero) is 1. The van der Waals surface area contributed by atoms with Crippen molar-refractivity contribution in [1.29, 1.82) is 0 Å². The van der Waals surface area contributed by atoms with Gasteiger partial charge in [0.15, 0.2) is 0 Å². The van der Waals surface area contributed by atoms with E-state index >= 15 is 0 Å². The summed E-state index contributed by atoms with van der Waals surface area (Å²) in [5.74, 6) is -1.41. The molecule has 1 N–H and O–H groups in total. The molecule has 8 heteroatoms. The zero-order valence-corrected chi connectivity index (χ0v) is 24.3. The number of methoxy groups -OCH3 is 1. The topological polar surface area (TPSA) is 96.0 Å². The van der Waals surface area contributed by atoms with Crippen molar-refractivity contribution in [2.45, 2.75) is 32.4 Å². The number of nitrogens with one attached hydrogen (secondary N) is 1. The zero-order chi connectivity index (χ0) is 30.5. The van der Waals surface area contributed by atoms with Gasteiger partial charge < -0.3 is 15.0 Å². The number of carbonyl (C=O) groups excluding carboxylic acids is 4. The van der Waals surface area contributed by atoms with Crippen LogP contribution in [0.5, 0.6) is 5.75 Å². The van der Waals surface area contributed by atoms with E-state index in [1.54, 1.807) is 55.6 Å². The molecular weight excluding hydrogens is 542 g/mol. The van der Waals surface area contributed by atoms with E-state index in [0.29, 0.717) is 22.7 Å². The van der Waals surface area contributed by atoms with Gasteiger partial charge in [-0.3, -0.25) is 24.1 Å². The Hall–Kier alpha value is -5.24. The Balaban J connectivity index is 1.54. The van der Waals surface area contributed by atoms with E-state index in [1.165, 1.54) is 9.80 Å². The van der Waals surface area contributed by atoms with E-state index in [2.05, 4.69) is 19.2 Å². The van der Waals surface area contributed by atoms with Gasteiger partial charge in [0.05, 0.1) is 18.4 Å². The second-order valence-corrected chi connectivity index (χ2v) is 10.7. The summed E-state index contributed by atoms with van der Waals surface area (Å²) < 4.78 is 5.24. The van der Waals surface area contributed by atoms with Crippen LogP contribution < -0.4 is 15.0 Å². The molecule has 4 aromatic rings. The van der Waals surface area contributed by atoms with Crippen LogP contribution in [0.4, 0.5) is 11.4 Å². The monoisotopic (exact) mass is 575 g/mol. The standard InChI is InChI=1S/C35H33N3O5/c1-23(2)25-13-15-26(16-14-25)32(34(41)36-27-17-19-28(43-3)20-18-27)38(21-24-9-5-4-6-10-24)31(39)22-37-30-12-8-7-11-29(30)33(40)35(37)42/h4-20,23,32H,21-22H2,1-3H3,(H,36,41). The van der Waals surface area contributed by atoms with Crippen molar-refractivity contribution in [2.75, 3.05) is 23.9 Å². The van der Waals surface area contributed by atoms with Crippen molar-refractivity contribution in [3.8, 4) is 5.75 Å². The summed E-state index contributed by atoms with van der Waals surface area (Å²) in [6.07, 6.45) is 0. The normalized spacial score (nSPS) is 13.1. The van der Waals surface area contributed by atoms with Crippen LogP contribution >= 0.6 is 0 Å². The summed E-state index contributed by atoms with van der Waals surface area (Å²) in [5.41, 5.74) is 3.69. The smallest absolute Gasteiger partial charge is 0.299 e. The molecule has 0 radical (unpaired) electrons. The molecule has 43 heavy (non-hydrogen) atoms. The Morgan fingerprint density at radius 2 is 1.44 bits per heavy atom. The number of nitrogens with zero attached hydrogens (tertiary/aromatic N) is 2. The lowest BCUT2D eigenvalue weighted by Crippen LogP contribution is -2.46. The highest BCUT2D eigenvalue weighted by Gasteiger charge is 2.39. The van der Waals surface area contributed by atoms with Crippen molar-refractivity contribution in [2.24, 2.45) is 0 Å². The van der Waals surface area contributed by atoms with Gasteiger partial charge in [-0.05, 0) is 59.0 Å². The summed E-state index contributed by atoms with van der Waals surface area (Å²) in [6, 6.07) is 29.5. The summed E-state index contributed by atoms with van der Waals surface area (Å²) in [4.78, 5) is 56.6. The first kappa shape index (κ1) is 29.3. The number of hydrogen-bond acceptors (Lipinski definition) is 5. The Morgan fingerprint density at radius 1 is 0.814 bits per heavy atom. The number of benzene rings is 4. The second-order valence-electron chi connectivity index (χ2n) is 10.7. The molecule has 1 atom stereocenters. The van der Waals surface area contributed by atoms with Crippen LogP contribution in [0.25, 0.3) is 0 Å². The maximum absolute atomic E-state index is 14.2. The van der Waals surface area contributed by atoms with Gasteiger partial charge in [-0.2, -0.15) is 0 Å². The predicted octanol–water partition coefficient (Wildman–Crippen LogP) is 5.76. The maximum atomic E-state index is 14.2. The van der Waals surface area contributed by atoms with E-state index in [0.717, 1.165) is 11.1 Å². The lowest BCUT2D eigenvalue weighted by Gasteiger charge is -2.33. The molecule has 0 aromatic heterocycles. The molecule has 0 saturated carbocycles. The molecule has 8 nitrogen and oxygen atoms in total. The van der Waals surface area contributed by atoms with Gasteiger partial charge in [-0.15, -0.1) is 0 Å². The second kappa shape index (κ2) is 12.7. The molecule has 5 rings (SSSR count). The number of rotatable bonds is 10. The summed E-state index contributed by atoms with van der Waals surface area (Å²) >= 11 is 0. The van der Waals surface area contributed by atoms with Crippen molar-refractivity contribution < 1.29 is 23.9 Å². The lowest BCUT2D eigenvalue weighted by molar-refractivity contribution is -0.139. The number of ether oxygens (including phenoxy) is 1. The third-order valence-electron chi connectivity index (χ3n) is 7.52. The molecule has 1 heterocycles. The largest absolute Gasteiger partial charge is 0.497 e. The van der Waals surface area contributed by atoms with Crippen LogP contribution in [0, 0.1) is 0 Å². The van der Waals surface area contributed by atoms with Gasteiger partial charge in [0.25, 0.3) is 17.6 Å². The minimum absolute atomic E-state index is 0.101. The van der Waals surface area contributed by atoms with Gasteiger partial charge >= 0.3 is 0 Å². The number of fused-ring (bicyclic) bond motifs is 1. The highest BCUT2D eigenvalue weighted by Crippen LogP contribution is 2.31. The summed E-state index contributed by atoms with van der Waals surface area (Å²) in [7, 11) is 1.56. The van der Waals surface area contributed by atoms with E-state index < -0.39 is 36.1 Å². The van der Waals surface area contributed by atoms with Crippen LogP contribution in [-0.2, 0) is 20.9 Å². The average molecular weight is 576 g/mol. The summed E-state index contributed by atoms with van der Waals surface area (Å²) in [6.45, 7) is 3.87. The fourth-order valence-corrected chi connectivity index (χ4v) is 5.16. The van der Waals surface area contributed by atoms with E-state index in [-0.39, 0.29) is 18.0 Å². The van der Waals surface area contributed by atoms with Gasteiger partial charge in [0.2, 0.25) is 5.91 Å². The Labute approximate surface area is 250 Å². The molecule has 1 aliphatic heterocycles. The first-order valence-electron chi connectivity index (χ1n) is 14.1. The fourth-order valence-electron chi connectivity index (χ4n) is 5.16. The highest BCUT2D eigenvalue weighted by atomic mass is 16.5.